The van der Waals surface area contributed by atoms with Crippen LogP contribution in [0, 0.1) is 23.2 Å². The number of carboxylic acids is 2. The van der Waals surface area contributed by atoms with E-state index in [2.05, 4.69) is 68.5 Å². The van der Waals surface area contributed by atoms with Crippen molar-refractivity contribution < 1.29 is 82.8 Å². The molecule has 24 N–H and O–H groups in total. The lowest BCUT2D eigenvalue weighted by Crippen LogP contribution is -2.62. The number of benzene rings is 3. The molecule has 2 aromatic heterocycles. The summed E-state index contributed by atoms with van der Waals surface area (Å²) >= 11 is 0. The summed E-state index contributed by atoms with van der Waals surface area (Å²) in [6.45, 7) is 13.5. The lowest BCUT2D eigenvalue weighted by atomic mass is 9.98. The second-order valence-corrected chi connectivity index (χ2v) is 30.1. The molecule has 0 bridgehead atoms. The van der Waals surface area contributed by atoms with Gasteiger partial charge in [0, 0.05) is 66.6 Å². The van der Waals surface area contributed by atoms with Gasteiger partial charge in [0.1, 0.15) is 72.5 Å². The summed E-state index contributed by atoms with van der Waals surface area (Å²) in [6, 6.07) is 4.97. The van der Waals surface area contributed by atoms with Gasteiger partial charge in [-0.05, 0) is 131 Å². The SMILES string of the molecule is CC(C)C[C@H](NC(=O)[C@H](CC(=O)O)NC(=O)[C@H](Cc1ccccc1)NC(=O)[C@@H]1CCCN1C(=O)[C@H](Cc1c[nH]c2ccccc12)NC(=O)[C@H](CC(C)C)NC(=O)[C@@H](N)[C@@H](C)O)C(=O)N[C@@H](Cc1c[nH]c2ccccc12)C(=O)N[C@@H](CC(C)C)C(=O)N[C@@H](CCCCN)C(=O)N[C@H](C(=O)N[C@@H](CCCNC(=N)N)C(=O)O)[C@@H](C)O. The highest BCUT2D eigenvalue weighted by atomic mass is 16.4. The predicted octanol–water partition coefficient (Wildman–Crippen LogP) is -0.305. The Morgan fingerprint density at radius 2 is 0.929 bits per heavy atom. The smallest absolute Gasteiger partial charge is 0.326 e. The number of hydrogen-bond donors (Lipinski definition) is 21. The zero-order valence-electron chi connectivity index (χ0n) is 65.3. The average molecular weight is 1580 g/mol. The van der Waals surface area contributed by atoms with Crippen molar-refractivity contribution >= 4 is 105 Å². The van der Waals surface area contributed by atoms with Crippen LogP contribution < -0.4 is 75.7 Å². The topological polar surface area (TPSA) is 572 Å². The third kappa shape index (κ3) is 28.3. The number of nitrogens with two attached hydrogens (primary N) is 3. The molecule has 0 aliphatic carbocycles. The molecule has 1 aliphatic heterocycles. The van der Waals surface area contributed by atoms with Crippen molar-refractivity contribution in [2.75, 3.05) is 19.6 Å². The van der Waals surface area contributed by atoms with E-state index in [-0.39, 0.29) is 114 Å². The quantitative estimate of drug-likeness (QED) is 0.0135. The number of carbonyl (C=O) groups is 13. The number of unbranched alkanes of at least 4 members (excludes halogenated alkanes) is 1. The van der Waals surface area contributed by atoms with E-state index < -0.39 is 168 Å². The Morgan fingerprint density at radius 3 is 1.42 bits per heavy atom. The lowest BCUT2D eigenvalue weighted by Gasteiger charge is -2.31. The minimum Gasteiger partial charge on any atom is -0.481 e. The average Bonchev–Trinajstić information content (AvgIpc) is 1.69. The monoisotopic (exact) mass is 1570 g/mol. The molecule has 0 unspecified atom stereocenters. The fourth-order valence-electron chi connectivity index (χ4n) is 13.4. The first kappa shape index (κ1) is 90.8. The number of likely N-dealkylation sites (tertiary alicyclic amines) is 1. The fraction of sp³-hybridized carbons (Fsp3) is 0.538. The Hall–Kier alpha value is -11.0. The highest BCUT2D eigenvalue weighted by molar-refractivity contribution is 6.01. The van der Waals surface area contributed by atoms with E-state index in [0.717, 1.165) is 10.9 Å². The highest BCUT2D eigenvalue weighted by Crippen LogP contribution is 2.25. The Balaban J connectivity index is 1.25. The van der Waals surface area contributed by atoms with E-state index >= 15 is 14.4 Å². The third-order valence-corrected chi connectivity index (χ3v) is 19.3. The number of fused-ring (bicyclic) bond motifs is 2. The van der Waals surface area contributed by atoms with E-state index in [1.165, 1.54) is 18.7 Å². The molecule has 618 valence electrons. The van der Waals surface area contributed by atoms with Crippen LogP contribution >= 0.6 is 0 Å². The van der Waals surface area contributed by atoms with Gasteiger partial charge < -0.3 is 111 Å². The molecular weight excluding hydrogens is 1460 g/mol. The van der Waals surface area contributed by atoms with E-state index in [4.69, 9.17) is 22.6 Å². The summed E-state index contributed by atoms with van der Waals surface area (Å²) in [5, 5.41) is 78.7. The number of H-pyrrole nitrogens is 2. The van der Waals surface area contributed by atoms with Gasteiger partial charge in [-0.2, -0.15) is 0 Å². The van der Waals surface area contributed by atoms with Gasteiger partial charge >= 0.3 is 11.9 Å². The number of amides is 11. The van der Waals surface area contributed by atoms with Crippen LogP contribution in [-0.2, 0) is 81.6 Å². The first-order chi connectivity index (χ1) is 53.5. The van der Waals surface area contributed by atoms with Gasteiger partial charge in [-0.1, -0.05) is 108 Å². The molecule has 1 aliphatic rings. The molecule has 0 saturated carbocycles. The molecule has 11 amide bonds. The molecule has 1 fully saturated rings. The number of aromatic amines is 2. The summed E-state index contributed by atoms with van der Waals surface area (Å²) in [5.74, 6) is -14.1. The molecule has 3 aromatic carbocycles. The molecule has 3 heterocycles. The number of hydrogen-bond acceptors (Lipinski definition) is 18. The molecule has 5 aromatic rings. The predicted molar refractivity (Wildman–Crippen MR) is 420 cm³/mol. The van der Waals surface area contributed by atoms with Gasteiger partial charge in [-0.3, -0.25) is 62.9 Å². The van der Waals surface area contributed by atoms with Crippen LogP contribution in [-0.4, -0.2) is 223 Å². The Labute approximate surface area is 656 Å². The standard InChI is InChI=1S/C78H114N18O17/c1-41(2)32-55(67(102)86-53(26-16-17-29-79)66(101)95-65(45(8)98)75(110)87-54(77(112)113)27-18-30-83-78(81)82)88-71(106)59(36-47-39-84-51-24-14-12-22-49(47)51)90-68(103)56(33-42(3)4)89-72(107)60(38-63(99)100)91-70(105)58(35-46-20-10-9-11-21-46)92-73(108)62-28-19-31-96(62)76(111)61(37-48-40-85-52-25-15-13-23-50(48)52)94-69(104)57(34-43(5)6)93-74(109)64(80)44(7)97/h9-15,20-25,39-45,53-62,64-65,84-85,97-98H,16-19,26-38,79-80H2,1-8H3,(H,86,102)(H,87,110)(H,88,106)(H,89,107)(H,90,103)(H,91,105)(H,92,108)(H,93,109)(H,94,104)(H,95,101)(H,99,100)(H,112,113)(H4,81,82,83)/t44-,45-,53+,54+,55+,56+,57+,58+,59+,60+,61+,62+,64+,65+/m1/s1. The van der Waals surface area contributed by atoms with Crippen LogP contribution in [0.2, 0.25) is 0 Å². The van der Waals surface area contributed by atoms with E-state index in [1.807, 2.05) is 32.0 Å². The Morgan fingerprint density at radius 1 is 0.496 bits per heavy atom. The number of aliphatic hydroxyl groups is 2. The third-order valence-electron chi connectivity index (χ3n) is 19.3. The summed E-state index contributed by atoms with van der Waals surface area (Å²) in [7, 11) is 0. The number of nitrogens with one attached hydrogen (secondary N) is 14. The summed E-state index contributed by atoms with van der Waals surface area (Å²) < 4.78 is 0. The minimum atomic E-state index is -1.93. The normalized spacial score (nSPS) is 16.3. The van der Waals surface area contributed by atoms with Gasteiger partial charge in [-0.25, -0.2) is 4.79 Å². The van der Waals surface area contributed by atoms with Crippen molar-refractivity contribution in [1.82, 2.24) is 73.4 Å². The first-order valence-electron chi connectivity index (χ1n) is 38.4. The zero-order valence-corrected chi connectivity index (χ0v) is 65.3. The number of guanidine groups is 1. The maximum absolute atomic E-state index is 15.2. The Bertz CT molecular complexity index is 4090. The van der Waals surface area contributed by atoms with Crippen LogP contribution in [0.5, 0.6) is 0 Å². The second kappa shape index (κ2) is 44.3. The number of rotatable bonds is 46. The highest BCUT2D eigenvalue weighted by Gasteiger charge is 2.42. The van der Waals surface area contributed by atoms with Gasteiger partial charge in [0.25, 0.3) is 0 Å². The van der Waals surface area contributed by atoms with Gasteiger partial charge in [0.15, 0.2) is 5.96 Å². The van der Waals surface area contributed by atoms with Gasteiger partial charge in [0.2, 0.25) is 65.0 Å². The van der Waals surface area contributed by atoms with Crippen molar-refractivity contribution in [2.24, 2.45) is 35.0 Å². The number of nitrogens with zero attached hydrogens (tertiary/aromatic N) is 1. The lowest BCUT2D eigenvalue weighted by molar-refractivity contribution is -0.143. The van der Waals surface area contributed by atoms with E-state index in [1.54, 1.807) is 101 Å². The van der Waals surface area contributed by atoms with Gasteiger partial charge in [-0.15, -0.1) is 0 Å². The summed E-state index contributed by atoms with van der Waals surface area (Å²) in [5.41, 5.74) is 20.2. The van der Waals surface area contributed by atoms with Crippen LogP contribution in [0.4, 0.5) is 0 Å². The largest absolute Gasteiger partial charge is 0.481 e. The summed E-state index contributed by atoms with van der Waals surface area (Å²) in [6.07, 6.45) is -0.161. The molecule has 6 rings (SSSR count). The number of carboxylic acid groups (broad SMARTS) is 2. The van der Waals surface area contributed by atoms with E-state index in [0.29, 0.717) is 40.4 Å². The second-order valence-electron chi connectivity index (χ2n) is 30.1. The Kier molecular flexibility index (Phi) is 35.6. The molecule has 0 spiro atoms. The number of aromatic nitrogens is 2. The number of para-hydroxylation sites is 2. The fourth-order valence-corrected chi connectivity index (χ4v) is 13.4. The summed E-state index contributed by atoms with van der Waals surface area (Å²) in [4.78, 5) is 193. The molecule has 1 saturated heterocycles. The van der Waals surface area contributed by atoms with Crippen molar-refractivity contribution in [3.05, 3.63) is 108 Å². The number of carbonyl (C=O) groups excluding carboxylic acids is 11. The van der Waals surface area contributed by atoms with Crippen LogP contribution in [0.1, 0.15) is 143 Å². The molecule has 35 nitrogen and oxygen atoms in total. The molecule has 0 radical (unpaired) electrons. The number of aliphatic hydroxyl groups excluding tert-OH is 2. The van der Waals surface area contributed by atoms with Gasteiger partial charge in [0.05, 0.1) is 18.6 Å². The number of aliphatic carboxylic acids is 2. The molecule has 113 heavy (non-hydrogen) atoms. The van der Waals surface area contributed by atoms with Crippen LogP contribution in [0.15, 0.2) is 91.3 Å². The van der Waals surface area contributed by atoms with Crippen molar-refractivity contribution in [3.8, 4) is 0 Å². The van der Waals surface area contributed by atoms with Crippen molar-refractivity contribution in [1.29, 1.82) is 5.41 Å². The molecular formula is C78H114N18O17. The molecule has 35 heteroatoms. The first-order valence-corrected chi connectivity index (χ1v) is 38.4. The van der Waals surface area contributed by atoms with Crippen LogP contribution in [0.3, 0.4) is 0 Å². The van der Waals surface area contributed by atoms with Crippen molar-refractivity contribution in [2.45, 2.75) is 230 Å². The van der Waals surface area contributed by atoms with E-state index in [9.17, 15) is 68.4 Å². The minimum absolute atomic E-state index is 0.0304. The maximum Gasteiger partial charge on any atom is 0.326 e. The van der Waals surface area contributed by atoms with Crippen molar-refractivity contribution in [3.63, 3.8) is 0 Å². The maximum atomic E-state index is 15.2. The zero-order chi connectivity index (χ0) is 83.3. The molecule has 14 atom stereocenters. The van der Waals surface area contributed by atoms with Crippen LogP contribution in [0.25, 0.3) is 21.8 Å².